The van der Waals surface area contributed by atoms with Crippen molar-refractivity contribution in [3.8, 4) is 5.75 Å². The molecule has 0 aliphatic carbocycles. The highest BCUT2D eigenvalue weighted by atomic mass is 16.6. The van der Waals surface area contributed by atoms with Gasteiger partial charge in [-0.15, -0.1) is 0 Å². The summed E-state index contributed by atoms with van der Waals surface area (Å²) in [5.74, 6) is -0.0530. The molecule has 0 bridgehead atoms. The SMILES string of the molecule is COc1ccc(C(=O)N2CCN(CNC(=O)OC(C)(C)C)CC2)cc1N1CCC(=O)NC1=O. The van der Waals surface area contributed by atoms with Gasteiger partial charge in [-0.1, -0.05) is 0 Å². The number of anilines is 1. The number of rotatable bonds is 5. The van der Waals surface area contributed by atoms with E-state index in [1.54, 1.807) is 43.9 Å². The molecule has 5 amide bonds. The second-order valence-corrected chi connectivity index (χ2v) is 8.89. The third-order valence-corrected chi connectivity index (χ3v) is 5.28. The van der Waals surface area contributed by atoms with Gasteiger partial charge in [0.1, 0.15) is 11.4 Å². The van der Waals surface area contributed by atoms with E-state index in [0.29, 0.717) is 49.8 Å². The second kappa shape index (κ2) is 10.1. The molecule has 2 fully saturated rings. The highest BCUT2D eigenvalue weighted by molar-refractivity contribution is 6.07. The van der Waals surface area contributed by atoms with Crippen molar-refractivity contribution in [2.45, 2.75) is 32.8 Å². The fourth-order valence-corrected chi connectivity index (χ4v) is 3.61. The van der Waals surface area contributed by atoms with Gasteiger partial charge in [0.2, 0.25) is 5.91 Å². The maximum Gasteiger partial charge on any atom is 0.408 e. The molecular formula is C22H31N5O6. The summed E-state index contributed by atoms with van der Waals surface area (Å²) in [6.07, 6.45) is -0.304. The van der Waals surface area contributed by atoms with Gasteiger partial charge in [0.05, 0.1) is 19.5 Å². The number of methoxy groups -OCH3 is 1. The van der Waals surface area contributed by atoms with E-state index in [1.807, 2.05) is 4.90 Å². The maximum atomic E-state index is 13.1. The van der Waals surface area contributed by atoms with Crippen LogP contribution in [-0.4, -0.2) is 85.8 Å². The molecular weight excluding hydrogens is 430 g/mol. The van der Waals surface area contributed by atoms with Gasteiger partial charge in [-0.2, -0.15) is 0 Å². The highest BCUT2D eigenvalue weighted by Gasteiger charge is 2.29. The number of carbonyl (C=O) groups is 4. The molecule has 11 heteroatoms. The van der Waals surface area contributed by atoms with Crippen LogP contribution in [0.3, 0.4) is 0 Å². The topological polar surface area (TPSA) is 121 Å². The lowest BCUT2D eigenvalue weighted by Gasteiger charge is -2.35. The van der Waals surface area contributed by atoms with E-state index >= 15 is 0 Å². The van der Waals surface area contributed by atoms with Gasteiger partial charge in [-0.25, -0.2) is 9.59 Å². The lowest BCUT2D eigenvalue weighted by Crippen LogP contribution is -2.52. The molecule has 2 N–H and O–H groups in total. The summed E-state index contributed by atoms with van der Waals surface area (Å²) in [5.41, 5.74) is 0.306. The largest absolute Gasteiger partial charge is 0.495 e. The zero-order chi connectivity index (χ0) is 24.2. The number of urea groups is 1. The molecule has 1 aromatic rings. The molecule has 2 aliphatic rings. The minimum absolute atomic E-state index is 0.160. The third kappa shape index (κ3) is 6.35. The standard InChI is InChI=1S/C22H31N5O6/c1-22(2,3)33-21(31)23-14-25-9-11-26(12-10-25)19(29)15-5-6-17(32-4)16(13-15)27-8-7-18(28)24-20(27)30/h5-6,13H,7-12,14H2,1-4H3,(H,23,31)(H,24,28,30). The molecule has 0 spiro atoms. The monoisotopic (exact) mass is 461 g/mol. The number of alkyl carbamates (subject to hydrolysis) is 1. The molecule has 2 heterocycles. The number of imide groups is 1. The molecule has 3 rings (SSSR count). The van der Waals surface area contributed by atoms with E-state index in [0.717, 1.165) is 0 Å². The van der Waals surface area contributed by atoms with Crippen molar-refractivity contribution < 1.29 is 28.7 Å². The van der Waals surface area contributed by atoms with Crippen LogP contribution in [0.1, 0.15) is 37.6 Å². The Balaban J connectivity index is 1.60. The quantitative estimate of drug-likeness (QED) is 0.680. The summed E-state index contributed by atoms with van der Waals surface area (Å²) in [7, 11) is 1.48. The molecule has 2 aliphatic heterocycles. The van der Waals surface area contributed by atoms with Gasteiger partial charge in [0.25, 0.3) is 5.91 Å². The van der Waals surface area contributed by atoms with Crippen molar-refractivity contribution in [2.24, 2.45) is 0 Å². The van der Waals surface area contributed by atoms with Crippen LogP contribution in [0.25, 0.3) is 0 Å². The van der Waals surface area contributed by atoms with Crippen LogP contribution in [0.4, 0.5) is 15.3 Å². The second-order valence-electron chi connectivity index (χ2n) is 8.89. The molecule has 0 atom stereocenters. The summed E-state index contributed by atoms with van der Waals surface area (Å²) in [4.78, 5) is 53.8. The first-order valence-corrected chi connectivity index (χ1v) is 10.9. The fraction of sp³-hybridized carbons (Fsp3) is 0.545. The number of hydrogen-bond donors (Lipinski definition) is 2. The van der Waals surface area contributed by atoms with Crippen molar-refractivity contribution in [1.82, 2.24) is 20.4 Å². The van der Waals surface area contributed by atoms with E-state index in [4.69, 9.17) is 9.47 Å². The molecule has 11 nitrogen and oxygen atoms in total. The number of nitrogens with zero attached hydrogens (tertiary/aromatic N) is 3. The first-order chi connectivity index (χ1) is 15.6. The normalized spacial score (nSPS) is 17.5. The number of amides is 5. The minimum Gasteiger partial charge on any atom is -0.495 e. The van der Waals surface area contributed by atoms with Gasteiger partial charge < -0.3 is 19.7 Å². The lowest BCUT2D eigenvalue weighted by molar-refractivity contribution is -0.120. The van der Waals surface area contributed by atoms with E-state index in [1.165, 1.54) is 12.0 Å². The number of piperazine rings is 1. The van der Waals surface area contributed by atoms with Gasteiger partial charge in [0.15, 0.2) is 0 Å². The van der Waals surface area contributed by atoms with Gasteiger partial charge in [-0.05, 0) is 39.0 Å². The molecule has 0 saturated carbocycles. The smallest absolute Gasteiger partial charge is 0.408 e. The van der Waals surface area contributed by atoms with Crippen LogP contribution in [0, 0.1) is 0 Å². The zero-order valence-corrected chi connectivity index (χ0v) is 19.5. The summed E-state index contributed by atoms with van der Waals surface area (Å²) < 4.78 is 10.6. The number of carbonyl (C=O) groups excluding carboxylic acids is 4. The number of benzene rings is 1. The predicted molar refractivity (Wildman–Crippen MR) is 120 cm³/mol. The fourth-order valence-electron chi connectivity index (χ4n) is 3.61. The van der Waals surface area contributed by atoms with E-state index in [-0.39, 0.29) is 24.8 Å². The van der Waals surface area contributed by atoms with Crippen LogP contribution < -0.4 is 20.3 Å². The Morgan fingerprint density at radius 2 is 1.79 bits per heavy atom. The van der Waals surface area contributed by atoms with Crippen molar-refractivity contribution in [3.63, 3.8) is 0 Å². The average molecular weight is 462 g/mol. The lowest BCUT2D eigenvalue weighted by atomic mass is 10.1. The van der Waals surface area contributed by atoms with Crippen LogP contribution in [0.2, 0.25) is 0 Å². The third-order valence-electron chi connectivity index (χ3n) is 5.28. The number of ether oxygens (including phenoxy) is 2. The van der Waals surface area contributed by atoms with Gasteiger partial charge in [0, 0.05) is 44.7 Å². The van der Waals surface area contributed by atoms with Crippen LogP contribution in [0.15, 0.2) is 18.2 Å². The Hall–Kier alpha value is -3.34. The van der Waals surface area contributed by atoms with Crippen molar-refractivity contribution in [1.29, 1.82) is 0 Å². The Morgan fingerprint density at radius 3 is 2.39 bits per heavy atom. The van der Waals surface area contributed by atoms with Crippen LogP contribution >= 0.6 is 0 Å². The maximum absolute atomic E-state index is 13.1. The molecule has 33 heavy (non-hydrogen) atoms. The minimum atomic E-state index is -0.559. The molecule has 0 aromatic heterocycles. The first-order valence-electron chi connectivity index (χ1n) is 10.9. The molecule has 2 saturated heterocycles. The number of hydrogen-bond acceptors (Lipinski definition) is 7. The summed E-state index contributed by atoms with van der Waals surface area (Å²) in [5, 5.41) is 5.01. The first kappa shape index (κ1) is 24.3. The Bertz CT molecular complexity index is 920. The molecule has 0 radical (unpaired) electrons. The molecule has 0 unspecified atom stereocenters. The predicted octanol–water partition coefficient (Wildman–Crippen LogP) is 1.38. The van der Waals surface area contributed by atoms with Crippen molar-refractivity contribution in [3.05, 3.63) is 23.8 Å². The average Bonchev–Trinajstić information content (AvgIpc) is 2.76. The summed E-state index contributed by atoms with van der Waals surface area (Å²) in [6, 6.07) is 4.38. The Kier molecular flexibility index (Phi) is 7.42. The Labute approximate surface area is 193 Å². The Morgan fingerprint density at radius 1 is 1.09 bits per heavy atom. The van der Waals surface area contributed by atoms with Crippen molar-refractivity contribution >= 4 is 29.6 Å². The van der Waals surface area contributed by atoms with Crippen LogP contribution in [-0.2, 0) is 9.53 Å². The summed E-state index contributed by atoms with van der Waals surface area (Å²) >= 11 is 0. The molecule has 1 aromatic carbocycles. The van der Waals surface area contributed by atoms with Crippen molar-refractivity contribution in [2.75, 3.05) is 51.4 Å². The summed E-state index contributed by atoms with van der Waals surface area (Å²) in [6.45, 7) is 8.15. The zero-order valence-electron chi connectivity index (χ0n) is 19.5. The highest BCUT2D eigenvalue weighted by Crippen LogP contribution is 2.31. The van der Waals surface area contributed by atoms with E-state index in [2.05, 4.69) is 10.6 Å². The molecule has 180 valence electrons. The van der Waals surface area contributed by atoms with Gasteiger partial charge in [-0.3, -0.25) is 24.7 Å². The van der Waals surface area contributed by atoms with E-state index < -0.39 is 17.7 Å². The van der Waals surface area contributed by atoms with Gasteiger partial charge >= 0.3 is 12.1 Å². The number of nitrogens with one attached hydrogen (secondary N) is 2. The van der Waals surface area contributed by atoms with Crippen LogP contribution in [0.5, 0.6) is 5.75 Å². The van der Waals surface area contributed by atoms with E-state index in [9.17, 15) is 19.2 Å².